The van der Waals surface area contributed by atoms with Gasteiger partial charge in [0, 0.05) is 32.2 Å². The predicted octanol–water partition coefficient (Wildman–Crippen LogP) is 0.834. The average Bonchev–Trinajstić information content (AvgIpc) is 3.05. The molecule has 0 aromatic carbocycles. The largest absolute Gasteiger partial charge is 0.367 e. The zero-order chi connectivity index (χ0) is 15.7. The molecule has 0 bridgehead atoms. The van der Waals surface area contributed by atoms with Gasteiger partial charge < -0.3 is 18.8 Å². The third-order valence-electron chi connectivity index (χ3n) is 3.97. The summed E-state index contributed by atoms with van der Waals surface area (Å²) in [5.74, 6) is 1.80. The highest BCUT2D eigenvalue weighted by Gasteiger charge is 2.28. The minimum Gasteiger partial charge on any atom is -0.367 e. The first-order valence-electron chi connectivity index (χ1n) is 7.41. The van der Waals surface area contributed by atoms with Crippen LogP contribution in [0.15, 0.2) is 18.6 Å². The third-order valence-corrected chi connectivity index (χ3v) is 3.97. The number of rotatable bonds is 3. The van der Waals surface area contributed by atoms with E-state index in [0.717, 1.165) is 17.3 Å². The van der Waals surface area contributed by atoms with Gasteiger partial charge in [0.2, 0.25) is 5.91 Å². The number of imidazole rings is 2. The second kappa shape index (κ2) is 5.92. The molecule has 1 fully saturated rings. The zero-order valence-corrected chi connectivity index (χ0v) is 13.2. The van der Waals surface area contributed by atoms with Crippen molar-refractivity contribution in [3.63, 3.8) is 0 Å². The first kappa shape index (κ1) is 14.8. The van der Waals surface area contributed by atoms with E-state index in [4.69, 9.17) is 4.74 Å². The number of aryl methyl sites for hydroxylation is 3. The van der Waals surface area contributed by atoms with Crippen LogP contribution in [0.25, 0.3) is 0 Å². The SMILES string of the molecule is Cc1cn(C)c(C2CN(C(=O)Cn3ccnc3C)CCO2)n1. The van der Waals surface area contributed by atoms with Crippen LogP contribution in [0.2, 0.25) is 0 Å². The molecule has 2 aromatic heterocycles. The summed E-state index contributed by atoms with van der Waals surface area (Å²) < 4.78 is 9.63. The summed E-state index contributed by atoms with van der Waals surface area (Å²) in [6.45, 7) is 5.86. The lowest BCUT2D eigenvalue weighted by atomic mass is 10.2. The Kier molecular flexibility index (Phi) is 3.98. The van der Waals surface area contributed by atoms with Gasteiger partial charge in [0.25, 0.3) is 0 Å². The molecular weight excluding hydrogens is 282 g/mol. The van der Waals surface area contributed by atoms with Crippen molar-refractivity contribution in [1.29, 1.82) is 0 Å². The second-order valence-corrected chi connectivity index (χ2v) is 5.65. The summed E-state index contributed by atoms with van der Waals surface area (Å²) >= 11 is 0. The number of hydrogen-bond acceptors (Lipinski definition) is 4. The lowest BCUT2D eigenvalue weighted by Crippen LogP contribution is -2.44. The van der Waals surface area contributed by atoms with E-state index >= 15 is 0 Å². The maximum Gasteiger partial charge on any atom is 0.242 e. The van der Waals surface area contributed by atoms with E-state index < -0.39 is 0 Å². The molecule has 118 valence electrons. The number of carbonyl (C=O) groups is 1. The minimum atomic E-state index is -0.166. The Hall–Kier alpha value is -2.15. The molecule has 1 aliphatic rings. The van der Waals surface area contributed by atoms with Crippen LogP contribution in [0.5, 0.6) is 0 Å². The number of amides is 1. The molecule has 1 unspecified atom stereocenters. The van der Waals surface area contributed by atoms with Crippen LogP contribution in [-0.4, -0.2) is 49.6 Å². The number of morpholine rings is 1. The van der Waals surface area contributed by atoms with Gasteiger partial charge >= 0.3 is 0 Å². The third kappa shape index (κ3) is 2.89. The fraction of sp³-hybridized carbons (Fsp3) is 0.533. The molecule has 0 spiro atoms. The Morgan fingerprint density at radius 2 is 2.27 bits per heavy atom. The Morgan fingerprint density at radius 1 is 1.45 bits per heavy atom. The van der Waals surface area contributed by atoms with Crippen LogP contribution < -0.4 is 0 Å². The molecule has 7 nitrogen and oxygen atoms in total. The van der Waals surface area contributed by atoms with Crippen LogP contribution in [0, 0.1) is 13.8 Å². The van der Waals surface area contributed by atoms with Crippen molar-refractivity contribution >= 4 is 5.91 Å². The van der Waals surface area contributed by atoms with Crippen LogP contribution in [0.4, 0.5) is 0 Å². The first-order chi connectivity index (χ1) is 10.5. The quantitative estimate of drug-likeness (QED) is 0.842. The van der Waals surface area contributed by atoms with Crippen molar-refractivity contribution in [1.82, 2.24) is 24.0 Å². The van der Waals surface area contributed by atoms with Gasteiger partial charge in [0.05, 0.1) is 18.8 Å². The molecule has 3 heterocycles. The van der Waals surface area contributed by atoms with Crippen LogP contribution >= 0.6 is 0 Å². The second-order valence-electron chi connectivity index (χ2n) is 5.65. The summed E-state index contributed by atoms with van der Waals surface area (Å²) in [6, 6.07) is 0. The van der Waals surface area contributed by atoms with E-state index in [1.165, 1.54) is 0 Å². The van der Waals surface area contributed by atoms with Gasteiger partial charge in [-0.2, -0.15) is 0 Å². The number of ether oxygens (including phenoxy) is 1. The lowest BCUT2D eigenvalue weighted by molar-refractivity contribution is -0.140. The van der Waals surface area contributed by atoms with Gasteiger partial charge in [-0.15, -0.1) is 0 Å². The summed E-state index contributed by atoms with van der Waals surface area (Å²) in [5, 5.41) is 0. The van der Waals surface area contributed by atoms with Crippen LogP contribution in [-0.2, 0) is 23.1 Å². The normalized spacial score (nSPS) is 18.7. The maximum atomic E-state index is 12.5. The molecule has 22 heavy (non-hydrogen) atoms. The number of hydrogen-bond donors (Lipinski definition) is 0. The molecular formula is C15H21N5O2. The zero-order valence-electron chi connectivity index (χ0n) is 13.2. The van der Waals surface area contributed by atoms with Gasteiger partial charge in [0.15, 0.2) is 0 Å². The Morgan fingerprint density at radius 3 is 2.91 bits per heavy atom. The highest BCUT2D eigenvalue weighted by atomic mass is 16.5. The first-order valence-corrected chi connectivity index (χ1v) is 7.41. The standard InChI is InChI=1S/C15H21N5O2/c1-11-8-18(3)15(17-11)13-9-20(6-7-22-13)14(21)10-19-5-4-16-12(19)2/h4-5,8,13H,6-7,9-10H2,1-3H3. The summed E-state index contributed by atoms with van der Waals surface area (Å²) in [5.41, 5.74) is 0.957. The molecule has 1 amide bonds. The molecule has 1 atom stereocenters. The highest BCUT2D eigenvalue weighted by Crippen LogP contribution is 2.21. The fourth-order valence-electron chi connectivity index (χ4n) is 2.78. The molecule has 1 saturated heterocycles. The van der Waals surface area contributed by atoms with Gasteiger partial charge in [-0.3, -0.25) is 4.79 Å². The monoisotopic (exact) mass is 303 g/mol. The van der Waals surface area contributed by atoms with E-state index in [0.29, 0.717) is 26.2 Å². The van der Waals surface area contributed by atoms with Gasteiger partial charge in [-0.1, -0.05) is 0 Å². The Bertz CT molecular complexity index is 675. The Balaban J connectivity index is 1.69. The van der Waals surface area contributed by atoms with Crippen molar-refractivity contribution in [2.75, 3.05) is 19.7 Å². The van der Waals surface area contributed by atoms with E-state index in [1.54, 1.807) is 6.20 Å². The highest BCUT2D eigenvalue weighted by molar-refractivity contribution is 5.76. The number of aromatic nitrogens is 4. The summed E-state index contributed by atoms with van der Waals surface area (Å²) in [7, 11) is 1.95. The van der Waals surface area contributed by atoms with E-state index in [9.17, 15) is 4.79 Å². The molecule has 0 N–H and O–H groups in total. The van der Waals surface area contributed by atoms with E-state index in [1.807, 2.05) is 47.3 Å². The molecule has 3 rings (SSSR count). The van der Waals surface area contributed by atoms with Crippen molar-refractivity contribution in [2.45, 2.75) is 26.5 Å². The minimum absolute atomic E-state index is 0.0836. The summed E-state index contributed by atoms with van der Waals surface area (Å²) in [4.78, 5) is 23.0. The molecule has 0 saturated carbocycles. The predicted molar refractivity (Wildman–Crippen MR) is 80.2 cm³/mol. The Labute approximate surface area is 129 Å². The molecule has 0 radical (unpaired) electrons. The topological polar surface area (TPSA) is 65.2 Å². The molecule has 2 aromatic rings. The maximum absolute atomic E-state index is 12.5. The van der Waals surface area contributed by atoms with Crippen molar-refractivity contribution in [2.24, 2.45) is 7.05 Å². The van der Waals surface area contributed by atoms with Crippen LogP contribution in [0.1, 0.15) is 23.4 Å². The van der Waals surface area contributed by atoms with Gasteiger partial charge in [-0.05, 0) is 13.8 Å². The summed E-state index contributed by atoms with van der Waals surface area (Å²) in [6.07, 6.45) is 5.34. The van der Waals surface area contributed by atoms with Crippen molar-refractivity contribution in [3.05, 3.63) is 35.9 Å². The van der Waals surface area contributed by atoms with Crippen molar-refractivity contribution in [3.8, 4) is 0 Å². The number of carbonyl (C=O) groups excluding carboxylic acids is 1. The van der Waals surface area contributed by atoms with Crippen molar-refractivity contribution < 1.29 is 9.53 Å². The molecule has 7 heteroatoms. The van der Waals surface area contributed by atoms with E-state index in [-0.39, 0.29) is 12.0 Å². The fourth-order valence-corrected chi connectivity index (χ4v) is 2.78. The number of nitrogens with zero attached hydrogens (tertiary/aromatic N) is 5. The van der Waals surface area contributed by atoms with Crippen LogP contribution in [0.3, 0.4) is 0 Å². The lowest BCUT2D eigenvalue weighted by Gasteiger charge is -2.32. The molecule has 1 aliphatic heterocycles. The smallest absolute Gasteiger partial charge is 0.242 e. The average molecular weight is 303 g/mol. The van der Waals surface area contributed by atoms with E-state index in [2.05, 4.69) is 9.97 Å². The van der Waals surface area contributed by atoms with Gasteiger partial charge in [-0.25, -0.2) is 9.97 Å². The van der Waals surface area contributed by atoms with Gasteiger partial charge in [0.1, 0.15) is 24.3 Å². The molecule has 0 aliphatic carbocycles.